The number of pyridine rings is 1. The number of hydrogen-bond acceptors (Lipinski definition) is 4. The predicted octanol–water partition coefficient (Wildman–Crippen LogP) is 3.47. The van der Waals surface area contributed by atoms with Gasteiger partial charge in [-0.1, -0.05) is 13.3 Å². The van der Waals surface area contributed by atoms with Crippen LogP contribution in [0.1, 0.15) is 32.6 Å². The van der Waals surface area contributed by atoms with Gasteiger partial charge in [0.25, 0.3) is 0 Å². The first-order valence-electron chi connectivity index (χ1n) is 7.30. The molecule has 3 nitrogen and oxygen atoms in total. The number of rotatable bonds is 7. The third kappa shape index (κ3) is 3.97. The van der Waals surface area contributed by atoms with E-state index in [2.05, 4.69) is 33.2 Å². The van der Waals surface area contributed by atoms with E-state index in [1.807, 2.05) is 18.3 Å². The Kier molecular flexibility index (Phi) is 6.33. The van der Waals surface area contributed by atoms with Gasteiger partial charge in [-0.25, -0.2) is 4.98 Å². The molecule has 1 aromatic rings. The highest BCUT2D eigenvalue weighted by Crippen LogP contribution is 2.38. The predicted molar refractivity (Wildman–Crippen MR) is 88.1 cm³/mol. The monoisotopic (exact) mass is 358 g/mol. The van der Waals surface area contributed by atoms with Gasteiger partial charge in [-0.2, -0.15) is 0 Å². The summed E-state index contributed by atoms with van der Waals surface area (Å²) in [6.07, 6.45) is 6.52. The summed E-state index contributed by atoms with van der Waals surface area (Å²) < 4.78 is 1.02. The second-order valence-electron chi connectivity index (χ2n) is 5.39. The van der Waals surface area contributed by atoms with E-state index in [1.165, 1.54) is 12.8 Å². The zero-order chi connectivity index (χ0) is 14.4. The van der Waals surface area contributed by atoms with Crippen LogP contribution < -0.4 is 5.32 Å². The Morgan fingerprint density at radius 2 is 2.40 bits per heavy atom. The first-order chi connectivity index (χ1) is 9.70. The molecule has 1 aliphatic rings. The molecule has 1 saturated carbocycles. The summed E-state index contributed by atoms with van der Waals surface area (Å²) in [5.74, 6) is 1.64. The van der Waals surface area contributed by atoms with Crippen molar-refractivity contribution in [3.63, 3.8) is 0 Å². The maximum atomic E-state index is 9.78. The van der Waals surface area contributed by atoms with E-state index in [9.17, 15) is 5.11 Å². The number of nitrogens with one attached hydrogen (secondary N) is 1. The lowest BCUT2D eigenvalue weighted by molar-refractivity contribution is 0.124. The van der Waals surface area contributed by atoms with E-state index in [0.29, 0.717) is 5.92 Å². The molecule has 1 aliphatic carbocycles. The molecule has 0 radical (unpaired) electrons. The van der Waals surface area contributed by atoms with Gasteiger partial charge in [0.15, 0.2) is 0 Å². The number of likely N-dealkylation sites (N-methyl/N-ethyl adjacent to an activating group) is 1. The second-order valence-corrected chi connectivity index (χ2v) is 7.42. The second kappa shape index (κ2) is 7.78. The van der Waals surface area contributed by atoms with E-state index in [4.69, 9.17) is 0 Å². The zero-order valence-electron chi connectivity index (χ0n) is 11.9. The molecule has 0 aromatic carbocycles. The molecule has 0 bridgehead atoms. The van der Waals surface area contributed by atoms with Crippen LogP contribution in [0.5, 0.6) is 0 Å². The quantitative estimate of drug-likeness (QED) is 0.732. The molecule has 20 heavy (non-hydrogen) atoms. The zero-order valence-corrected chi connectivity index (χ0v) is 14.3. The summed E-state index contributed by atoms with van der Waals surface area (Å²) in [5.41, 5.74) is -0.0392. The van der Waals surface area contributed by atoms with Gasteiger partial charge in [0.1, 0.15) is 0 Å². The molecule has 0 spiro atoms. The number of hydrogen-bond donors (Lipinski definition) is 2. The standard InChI is InChI=1S/C15H23BrN2OS/c1-2-18-15(11-19)8-3-4-12(15)7-9-20-14-6-5-13(16)10-17-14/h5-6,10,12,18-19H,2-4,7-9,11H2,1H3. The Bertz CT molecular complexity index is 415. The van der Waals surface area contributed by atoms with E-state index < -0.39 is 0 Å². The lowest BCUT2D eigenvalue weighted by Crippen LogP contribution is -2.51. The Hall–Kier alpha value is -0.100. The average molecular weight is 359 g/mol. The van der Waals surface area contributed by atoms with Crippen LogP contribution in [0, 0.1) is 5.92 Å². The third-order valence-electron chi connectivity index (χ3n) is 4.18. The van der Waals surface area contributed by atoms with E-state index in [-0.39, 0.29) is 12.1 Å². The van der Waals surface area contributed by atoms with Crippen LogP contribution in [0.4, 0.5) is 0 Å². The van der Waals surface area contributed by atoms with E-state index in [0.717, 1.165) is 34.6 Å². The summed E-state index contributed by atoms with van der Waals surface area (Å²) in [6.45, 7) is 3.30. The molecule has 2 unspecified atom stereocenters. The number of thioether (sulfide) groups is 1. The summed E-state index contributed by atoms with van der Waals surface area (Å²) in [5, 5.41) is 14.4. The molecule has 0 aliphatic heterocycles. The Labute approximate surface area is 134 Å². The van der Waals surface area contributed by atoms with Crippen molar-refractivity contribution in [2.75, 3.05) is 18.9 Å². The molecular weight excluding hydrogens is 336 g/mol. The lowest BCUT2D eigenvalue weighted by atomic mass is 9.86. The van der Waals surface area contributed by atoms with Crippen molar-refractivity contribution in [3.05, 3.63) is 22.8 Å². The molecule has 0 amide bonds. The van der Waals surface area contributed by atoms with Crippen LogP contribution in [0.15, 0.2) is 27.8 Å². The fourth-order valence-corrected chi connectivity index (χ4v) is 4.30. The van der Waals surface area contributed by atoms with Crippen molar-refractivity contribution >= 4 is 27.7 Å². The van der Waals surface area contributed by atoms with Gasteiger partial charge < -0.3 is 10.4 Å². The highest BCUT2D eigenvalue weighted by molar-refractivity contribution is 9.10. The highest BCUT2D eigenvalue weighted by atomic mass is 79.9. The SMILES string of the molecule is CCNC1(CO)CCCC1CCSc1ccc(Br)cn1. The van der Waals surface area contributed by atoms with E-state index in [1.54, 1.807) is 11.8 Å². The van der Waals surface area contributed by atoms with Gasteiger partial charge in [0.2, 0.25) is 0 Å². The lowest BCUT2D eigenvalue weighted by Gasteiger charge is -2.34. The molecule has 5 heteroatoms. The molecule has 2 atom stereocenters. The average Bonchev–Trinajstić information content (AvgIpc) is 2.85. The van der Waals surface area contributed by atoms with Crippen molar-refractivity contribution in [3.8, 4) is 0 Å². The van der Waals surface area contributed by atoms with Gasteiger partial charge in [0, 0.05) is 16.2 Å². The van der Waals surface area contributed by atoms with Crippen molar-refractivity contribution in [2.45, 2.75) is 43.2 Å². The first-order valence-corrected chi connectivity index (χ1v) is 9.08. The van der Waals surface area contributed by atoms with Crippen molar-refractivity contribution in [1.29, 1.82) is 0 Å². The van der Waals surface area contributed by atoms with Gasteiger partial charge in [-0.05, 0) is 65.5 Å². The number of nitrogens with zero attached hydrogens (tertiary/aromatic N) is 1. The number of halogens is 1. The van der Waals surface area contributed by atoms with Crippen molar-refractivity contribution in [1.82, 2.24) is 10.3 Å². The molecule has 2 rings (SSSR count). The van der Waals surface area contributed by atoms with Crippen LogP contribution in [0.2, 0.25) is 0 Å². The summed E-state index contributed by atoms with van der Waals surface area (Å²) >= 11 is 5.21. The molecule has 112 valence electrons. The van der Waals surface area contributed by atoms with Gasteiger partial charge in [0.05, 0.1) is 11.6 Å². The molecule has 2 N–H and O–H groups in total. The van der Waals surface area contributed by atoms with Crippen LogP contribution in [0.3, 0.4) is 0 Å². The minimum Gasteiger partial charge on any atom is -0.394 e. The molecule has 1 aromatic heterocycles. The highest BCUT2D eigenvalue weighted by Gasteiger charge is 2.41. The minimum absolute atomic E-state index is 0.0392. The minimum atomic E-state index is -0.0392. The maximum absolute atomic E-state index is 9.78. The summed E-state index contributed by atoms with van der Waals surface area (Å²) in [6, 6.07) is 4.08. The van der Waals surface area contributed by atoms with E-state index >= 15 is 0 Å². The molecule has 1 fully saturated rings. The van der Waals surface area contributed by atoms with Gasteiger partial charge >= 0.3 is 0 Å². The normalized spacial score (nSPS) is 26.1. The summed E-state index contributed by atoms with van der Waals surface area (Å²) in [7, 11) is 0. The van der Waals surface area contributed by atoms with Crippen LogP contribution in [0.25, 0.3) is 0 Å². The molecular formula is C15H23BrN2OS. The van der Waals surface area contributed by atoms with Crippen LogP contribution in [-0.4, -0.2) is 34.5 Å². The fraction of sp³-hybridized carbons (Fsp3) is 0.667. The Morgan fingerprint density at radius 3 is 3.05 bits per heavy atom. The number of aliphatic hydroxyl groups is 1. The first kappa shape index (κ1) is 16.3. The summed E-state index contributed by atoms with van der Waals surface area (Å²) in [4.78, 5) is 4.39. The Balaban J connectivity index is 1.85. The van der Waals surface area contributed by atoms with Crippen LogP contribution in [-0.2, 0) is 0 Å². The van der Waals surface area contributed by atoms with Crippen LogP contribution >= 0.6 is 27.7 Å². The van der Waals surface area contributed by atoms with Gasteiger partial charge in [-0.3, -0.25) is 0 Å². The number of aromatic nitrogens is 1. The maximum Gasteiger partial charge on any atom is 0.0960 e. The van der Waals surface area contributed by atoms with Crippen molar-refractivity contribution < 1.29 is 5.11 Å². The topological polar surface area (TPSA) is 45.1 Å². The molecule has 0 saturated heterocycles. The van der Waals surface area contributed by atoms with Gasteiger partial charge in [-0.15, -0.1) is 11.8 Å². The van der Waals surface area contributed by atoms with Crippen molar-refractivity contribution in [2.24, 2.45) is 5.92 Å². The number of aliphatic hydroxyl groups excluding tert-OH is 1. The Morgan fingerprint density at radius 1 is 1.55 bits per heavy atom. The fourth-order valence-electron chi connectivity index (χ4n) is 3.17. The smallest absolute Gasteiger partial charge is 0.0960 e. The molecule has 1 heterocycles. The largest absolute Gasteiger partial charge is 0.394 e. The third-order valence-corrected chi connectivity index (χ3v) is 5.63.